The minimum Gasteiger partial charge on any atom is -0.345 e. The van der Waals surface area contributed by atoms with Crippen molar-refractivity contribution >= 4 is 23.3 Å². The Labute approximate surface area is 176 Å². The number of aromatic nitrogens is 3. The molecule has 4 aromatic rings. The lowest BCUT2D eigenvalue weighted by Crippen LogP contribution is -2.24. The van der Waals surface area contributed by atoms with Crippen molar-refractivity contribution in [2.45, 2.75) is 39.8 Å². The van der Waals surface area contributed by atoms with Crippen molar-refractivity contribution in [3.05, 3.63) is 59.3 Å². The predicted octanol–water partition coefficient (Wildman–Crippen LogP) is 5.32. The molecule has 3 heterocycles. The van der Waals surface area contributed by atoms with Crippen molar-refractivity contribution in [3.63, 3.8) is 0 Å². The van der Waals surface area contributed by atoms with Crippen molar-refractivity contribution in [1.82, 2.24) is 20.0 Å². The Bertz CT molecular complexity index is 1180. The van der Waals surface area contributed by atoms with Crippen molar-refractivity contribution < 1.29 is 4.52 Å². The molecule has 2 aromatic heterocycles. The van der Waals surface area contributed by atoms with Crippen LogP contribution in [0.4, 0.5) is 0 Å². The van der Waals surface area contributed by atoms with Gasteiger partial charge >= 0.3 is 0 Å². The molecule has 150 valence electrons. The lowest BCUT2D eigenvalue weighted by atomic mass is 9.92. The highest BCUT2D eigenvalue weighted by Gasteiger charge is 2.18. The van der Waals surface area contributed by atoms with Gasteiger partial charge in [0.1, 0.15) is 0 Å². The fourth-order valence-electron chi connectivity index (χ4n) is 4.20. The molecule has 0 spiro atoms. The number of rotatable bonds is 3. The molecule has 5 rings (SSSR count). The fourth-order valence-corrected chi connectivity index (χ4v) is 4.20. The molecule has 0 fully saturated rings. The van der Waals surface area contributed by atoms with E-state index >= 15 is 0 Å². The number of fused-ring (bicyclic) bond motifs is 2. The third-order valence-electron chi connectivity index (χ3n) is 5.75. The lowest BCUT2D eigenvalue weighted by molar-refractivity contribution is 0.432. The summed E-state index contributed by atoms with van der Waals surface area (Å²) in [7, 11) is 0. The first-order valence-electron chi connectivity index (χ1n) is 9.89. The number of benzene rings is 2. The molecule has 0 saturated carbocycles. The Kier molecular flexibility index (Phi) is 5.19. The number of hydrogen-bond acceptors (Lipinski definition) is 4. The van der Waals surface area contributed by atoms with E-state index in [0.717, 1.165) is 30.6 Å². The zero-order valence-corrected chi connectivity index (χ0v) is 17.7. The maximum atomic E-state index is 5.63. The van der Waals surface area contributed by atoms with Crippen LogP contribution in [0.1, 0.15) is 36.6 Å². The zero-order valence-electron chi connectivity index (χ0n) is 16.9. The van der Waals surface area contributed by atoms with Crippen molar-refractivity contribution in [1.29, 1.82) is 0 Å². The largest absolute Gasteiger partial charge is 0.345 e. The van der Waals surface area contributed by atoms with Crippen LogP contribution in [0.5, 0.6) is 0 Å². The van der Waals surface area contributed by atoms with Crippen LogP contribution in [0.2, 0.25) is 0 Å². The van der Waals surface area contributed by atoms with E-state index in [1.807, 2.05) is 0 Å². The minimum atomic E-state index is 0. The Morgan fingerprint density at radius 1 is 1.14 bits per heavy atom. The molecule has 6 heteroatoms. The first kappa shape index (κ1) is 19.7. The monoisotopic (exact) mass is 408 g/mol. The quantitative estimate of drug-likeness (QED) is 0.498. The van der Waals surface area contributed by atoms with Crippen LogP contribution in [-0.4, -0.2) is 21.3 Å². The Balaban J connectivity index is 0.00000205. The summed E-state index contributed by atoms with van der Waals surface area (Å²) in [6.07, 6.45) is 3.17. The van der Waals surface area contributed by atoms with Gasteiger partial charge in [-0.05, 0) is 74.7 Å². The molecular formula is C23H25ClN4O. The molecule has 0 saturated heterocycles. The van der Waals surface area contributed by atoms with Gasteiger partial charge in [0.15, 0.2) is 0 Å². The van der Waals surface area contributed by atoms with Gasteiger partial charge in [0.05, 0.1) is 0 Å². The van der Waals surface area contributed by atoms with Crippen LogP contribution in [0.25, 0.3) is 33.7 Å². The van der Waals surface area contributed by atoms with Gasteiger partial charge in [0.25, 0.3) is 5.89 Å². The smallest absolute Gasteiger partial charge is 0.258 e. The maximum Gasteiger partial charge on any atom is 0.258 e. The first-order valence-corrected chi connectivity index (χ1v) is 9.89. The van der Waals surface area contributed by atoms with Crippen LogP contribution < -0.4 is 5.32 Å². The second-order valence-corrected chi connectivity index (χ2v) is 7.82. The van der Waals surface area contributed by atoms with Crippen LogP contribution in [0.15, 0.2) is 47.1 Å². The zero-order chi connectivity index (χ0) is 19.3. The number of hydrogen-bond donors (Lipinski definition) is 1. The molecule has 0 amide bonds. The van der Waals surface area contributed by atoms with E-state index in [0.29, 0.717) is 17.8 Å². The standard InChI is InChI=1S/C23H24N4O.ClH/c1-14(2)27-11-9-16-12-17(5-7-21(16)27)23-25-22(26-28-23)20-6-4-18-13-24-10-8-19(18)15(20)3;/h4-7,9,11-12,14,24H,8,10,13H2,1-3H3;1H. The summed E-state index contributed by atoms with van der Waals surface area (Å²) in [5.41, 5.74) is 7.28. The Morgan fingerprint density at radius 2 is 2.00 bits per heavy atom. The summed E-state index contributed by atoms with van der Waals surface area (Å²) in [5.74, 6) is 1.22. The average Bonchev–Trinajstić information content (AvgIpc) is 3.35. The first-order chi connectivity index (χ1) is 13.6. The Hall–Kier alpha value is -2.63. The van der Waals surface area contributed by atoms with E-state index in [2.05, 4.69) is 78.4 Å². The van der Waals surface area contributed by atoms with Gasteiger partial charge in [0.2, 0.25) is 5.82 Å². The molecule has 0 bridgehead atoms. The fraction of sp³-hybridized carbons (Fsp3) is 0.304. The topological polar surface area (TPSA) is 55.9 Å². The van der Waals surface area contributed by atoms with Gasteiger partial charge in [-0.3, -0.25) is 0 Å². The predicted molar refractivity (Wildman–Crippen MR) is 118 cm³/mol. The summed E-state index contributed by atoms with van der Waals surface area (Å²) in [6, 6.07) is 13.2. The van der Waals surface area contributed by atoms with Crippen molar-refractivity contribution in [2.75, 3.05) is 6.54 Å². The summed E-state index contributed by atoms with van der Waals surface area (Å²) in [4.78, 5) is 4.71. The molecule has 1 aliphatic rings. The van der Waals surface area contributed by atoms with E-state index in [4.69, 9.17) is 9.51 Å². The molecular weight excluding hydrogens is 384 g/mol. The summed E-state index contributed by atoms with van der Waals surface area (Å²) in [5, 5.41) is 8.89. The molecule has 1 N–H and O–H groups in total. The highest BCUT2D eigenvalue weighted by atomic mass is 35.5. The van der Waals surface area contributed by atoms with E-state index in [9.17, 15) is 0 Å². The molecule has 0 atom stereocenters. The SMILES string of the molecule is Cc1c(-c2noc(-c3ccc4c(ccn4C(C)C)c3)n2)ccc2c1CCNC2.Cl. The van der Waals surface area contributed by atoms with E-state index in [1.54, 1.807) is 0 Å². The molecule has 0 radical (unpaired) electrons. The van der Waals surface area contributed by atoms with Gasteiger partial charge in [-0.25, -0.2) is 0 Å². The number of halogens is 1. The van der Waals surface area contributed by atoms with Crippen LogP contribution in [-0.2, 0) is 13.0 Å². The second kappa shape index (κ2) is 7.65. The summed E-state index contributed by atoms with van der Waals surface area (Å²) >= 11 is 0. The lowest BCUT2D eigenvalue weighted by Gasteiger charge is -2.20. The van der Waals surface area contributed by atoms with Gasteiger partial charge in [0, 0.05) is 40.8 Å². The summed E-state index contributed by atoms with van der Waals surface area (Å²) in [6.45, 7) is 8.49. The second-order valence-electron chi connectivity index (χ2n) is 7.82. The van der Waals surface area contributed by atoms with Crippen molar-refractivity contribution in [3.8, 4) is 22.8 Å². The molecule has 29 heavy (non-hydrogen) atoms. The van der Waals surface area contributed by atoms with Crippen LogP contribution >= 0.6 is 12.4 Å². The van der Waals surface area contributed by atoms with Gasteiger partial charge < -0.3 is 14.4 Å². The summed E-state index contributed by atoms with van der Waals surface area (Å²) < 4.78 is 7.89. The van der Waals surface area contributed by atoms with E-state index in [1.165, 1.54) is 27.6 Å². The molecule has 2 aromatic carbocycles. The average molecular weight is 409 g/mol. The normalized spacial score (nSPS) is 13.5. The minimum absolute atomic E-state index is 0. The molecule has 0 unspecified atom stereocenters. The van der Waals surface area contributed by atoms with E-state index in [-0.39, 0.29) is 12.4 Å². The maximum absolute atomic E-state index is 5.63. The number of nitrogens with zero attached hydrogens (tertiary/aromatic N) is 3. The molecule has 1 aliphatic heterocycles. The van der Waals surface area contributed by atoms with Crippen molar-refractivity contribution in [2.24, 2.45) is 0 Å². The van der Waals surface area contributed by atoms with Gasteiger partial charge in [-0.1, -0.05) is 17.3 Å². The van der Waals surface area contributed by atoms with E-state index < -0.39 is 0 Å². The van der Waals surface area contributed by atoms with Gasteiger partial charge in [-0.2, -0.15) is 4.98 Å². The van der Waals surface area contributed by atoms with Crippen LogP contribution in [0, 0.1) is 6.92 Å². The molecule has 0 aliphatic carbocycles. The third-order valence-corrected chi connectivity index (χ3v) is 5.75. The highest BCUT2D eigenvalue weighted by molar-refractivity contribution is 5.85. The number of nitrogens with one attached hydrogen (secondary N) is 1. The third kappa shape index (κ3) is 3.34. The highest BCUT2D eigenvalue weighted by Crippen LogP contribution is 2.31. The Morgan fingerprint density at radius 3 is 2.83 bits per heavy atom. The van der Waals surface area contributed by atoms with Crippen LogP contribution in [0.3, 0.4) is 0 Å². The van der Waals surface area contributed by atoms with Gasteiger partial charge in [-0.15, -0.1) is 12.4 Å². The molecule has 5 nitrogen and oxygen atoms in total.